The summed E-state index contributed by atoms with van der Waals surface area (Å²) in [4.78, 5) is 6.42. The molecule has 5 heteroatoms. The Morgan fingerprint density at radius 2 is 1.28 bits per heavy atom. The van der Waals surface area contributed by atoms with Crippen molar-refractivity contribution in [1.29, 1.82) is 0 Å². The molecule has 7 rings (SSSR count). The Kier molecular flexibility index (Phi) is 4.81. The number of benzene rings is 4. The Hall–Kier alpha value is -4.19. The summed E-state index contributed by atoms with van der Waals surface area (Å²) in [5, 5.41) is 2.32. The zero-order chi connectivity index (χ0) is 24.2. The summed E-state index contributed by atoms with van der Waals surface area (Å²) < 4.78 is 8.30. The van der Waals surface area contributed by atoms with E-state index in [1.165, 1.54) is 0 Å². The number of fused-ring (bicyclic) bond motifs is 3. The van der Waals surface area contributed by atoms with Gasteiger partial charge < -0.3 is 4.42 Å². The normalized spacial score (nSPS) is 13.1. The Labute approximate surface area is 218 Å². The van der Waals surface area contributed by atoms with Crippen molar-refractivity contribution >= 4 is 62.2 Å². The van der Waals surface area contributed by atoms with Gasteiger partial charge in [-0.25, -0.2) is 0 Å². The van der Waals surface area contributed by atoms with E-state index in [4.69, 9.17) is 33.8 Å². The molecular weight excluding hydrogens is 480 g/mol. The standard InChI is InChI=1S/C31H18N2OS2/c35-28-24-15-20-11-7-8-12-21(20)16-25(24)29(36)26(28)17-23-18-27-30(33(23)22-13-5-2-6-14-22)32-31(34-27)19-9-3-1-4-10-19/h1-18H. The second kappa shape index (κ2) is 8.19. The molecule has 0 amide bonds. The average molecular weight is 499 g/mol. The zero-order valence-electron chi connectivity index (χ0n) is 19.0. The molecule has 0 spiro atoms. The lowest BCUT2D eigenvalue weighted by Crippen LogP contribution is -2.02. The van der Waals surface area contributed by atoms with Crippen molar-refractivity contribution in [1.82, 2.24) is 9.55 Å². The fraction of sp³-hybridized carbons (Fsp3) is 0. The van der Waals surface area contributed by atoms with Crippen molar-refractivity contribution < 1.29 is 4.42 Å². The number of aromatic nitrogens is 2. The summed E-state index contributed by atoms with van der Waals surface area (Å²) in [6, 6.07) is 34.7. The van der Waals surface area contributed by atoms with Crippen LogP contribution in [0.4, 0.5) is 0 Å². The van der Waals surface area contributed by atoms with Crippen molar-refractivity contribution in [3.8, 4) is 17.1 Å². The van der Waals surface area contributed by atoms with Gasteiger partial charge in [0.1, 0.15) is 0 Å². The highest BCUT2D eigenvalue weighted by Crippen LogP contribution is 2.35. The summed E-state index contributed by atoms with van der Waals surface area (Å²) in [5.74, 6) is 0.593. The predicted octanol–water partition coefficient (Wildman–Crippen LogP) is 7.97. The SMILES string of the molecule is S=C1C(=Cc2cc3oc(-c4ccccc4)nc3n2-c2ccccc2)C(=S)c2cc3ccccc3cc21. The van der Waals surface area contributed by atoms with Gasteiger partial charge in [0.25, 0.3) is 0 Å². The van der Waals surface area contributed by atoms with Gasteiger partial charge in [-0.3, -0.25) is 4.57 Å². The molecule has 36 heavy (non-hydrogen) atoms. The summed E-state index contributed by atoms with van der Waals surface area (Å²) >= 11 is 11.9. The van der Waals surface area contributed by atoms with Gasteiger partial charge in [-0.05, 0) is 53.2 Å². The highest BCUT2D eigenvalue weighted by atomic mass is 32.1. The second-order valence-corrected chi connectivity index (χ2v) is 9.59. The van der Waals surface area contributed by atoms with Crippen LogP contribution in [0.15, 0.2) is 113 Å². The number of oxazole rings is 1. The quantitative estimate of drug-likeness (QED) is 0.183. The summed E-state index contributed by atoms with van der Waals surface area (Å²) in [5.41, 5.74) is 7.23. The Bertz CT molecular complexity index is 1800. The minimum atomic E-state index is 0.593. The summed E-state index contributed by atoms with van der Waals surface area (Å²) in [7, 11) is 0. The molecule has 170 valence electrons. The number of thiocarbonyl (C=S) groups is 2. The maximum absolute atomic E-state index is 6.20. The van der Waals surface area contributed by atoms with Crippen molar-refractivity contribution in [2.75, 3.05) is 0 Å². The molecule has 0 aliphatic heterocycles. The third kappa shape index (κ3) is 3.28. The summed E-state index contributed by atoms with van der Waals surface area (Å²) in [6.07, 6.45) is 2.07. The van der Waals surface area contributed by atoms with Gasteiger partial charge in [0.15, 0.2) is 11.2 Å². The first-order chi connectivity index (χ1) is 17.7. The highest BCUT2D eigenvalue weighted by molar-refractivity contribution is 7.84. The van der Waals surface area contributed by atoms with Crippen LogP contribution in [-0.4, -0.2) is 19.3 Å². The Balaban J connectivity index is 1.40. The van der Waals surface area contributed by atoms with Crippen LogP contribution in [0, 0.1) is 0 Å². The average Bonchev–Trinajstić information content (AvgIpc) is 3.55. The van der Waals surface area contributed by atoms with Gasteiger partial charge in [0.2, 0.25) is 5.89 Å². The molecule has 0 saturated heterocycles. The van der Waals surface area contributed by atoms with Gasteiger partial charge in [-0.2, -0.15) is 4.98 Å². The van der Waals surface area contributed by atoms with Gasteiger partial charge in [-0.1, -0.05) is 85.1 Å². The van der Waals surface area contributed by atoms with E-state index in [1.54, 1.807) is 0 Å². The second-order valence-electron chi connectivity index (χ2n) is 8.77. The van der Waals surface area contributed by atoms with Gasteiger partial charge in [-0.15, -0.1) is 0 Å². The lowest BCUT2D eigenvalue weighted by atomic mass is 10.0. The number of nitrogens with zero attached hydrogens (tertiary/aromatic N) is 2. The fourth-order valence-electron chi connectivity index (χ4n) is 4.85. The van der Waals surface area contributed by atoms with E-state index in [2.05, 4.69) is 47.0 Å². The topological polar surface area (TPSA) is 31.0 Å². The molecule has 4 aromatic carbocycles. The van der Waals surface area contributed by atoms with Crippen LogP contribution >= 0.6 is 24.4 Å². The Morgan fingerprint density at radius 1 is 0.694 bits per heavy atom. The number of hydrogen-bond donors (Lipinski definition) is 0. The fourth-order valence-corrected chi connectivity index (χ4v) is 5.57. The molecule has 6 aromatic rings. The molecule has 0 bridgehead atoms. The third-order valence-corrected chi connectivity index (χ3v) is 7.45. The number of allylic oxidation sites excluding steroid dienone is 1. The molecule has 2 heterocycles. The molecule has 0 unspecified atom stereocenters. The van der Waals surface area contributed by atoms with Crippen LogP contribution in [0.1, 0.15) is 16.8 Å². The van der Waals surface area contributed by atoms with Crippen LogP contribution in [0.25, 0.3) is 45.2 Å². The maximum atomic E-state index is 6.20. The van der Waals surface area contributed by atoms with E-state index >= 15 is 0 Å². The largest absolute Gasteiger partial charge is 0.434 e. The highest BCUT2D eigenvalue weighted by Gasteiger charge is 2.28. The van der Waals surface area contributed by atoms with Crippen molar-refractivity contribution in [3.05, 3.63) is 126 Å². The van der Waals surface area contributed by atoms with E-state index in [0.29, 0.717) is 11.5 Å². The summed E-state index contributed by atoms with van der Waals surface area (Å²) in [6.45, 7) is 0. The minimum absolute atomic E-state index is 0.593. The van der Waals surface area contributed by atoms with Crippen molar-refractivity contribution in [2.24, 2.45) is 0 Å². The first-order valence-corrected chi connectivity index (χ1v) is 12.5. The van der Waals surface area contributed by atoms with Gasteiger partial charge >= 0.3 is 0 Å². The minimum Gasteiger partial charge on any atom is -0.434 e. The van der Waals surface area contributed by atoms with E-state index in [9.17, 15) is 0 Å². The monoisotopic (exact) mass is 498 g/mol. The molecule has 0 radical (unpaired) electrons. The van der Waals surface area contributed by atoms with Gasteiger partial charge in [0, 0.05) is 34.0 Å². The molecule has 1 aliphatic carbocycles. The van der Waals surface area contributed by atoms with E-state index < -0.39 is 0 Å². The smallest absolute Gasteiger partial charge is 0.228 e. The molecular formula is C31H18N2OS2. The van der Waals surface area contributed by atoms with E-state index in [0.717, 1.165) is 59.8 Å². The molecule has 0 saturated carbocycles. The molecule has 2 aromatic heterocycles. The zero-order valence-corrected chi connectivity index (χ0v) is 20.6. The lowest BCUT2D eigenvalue weighted by molar-refractivity contribution is 0.620. The lowest BCUT2D eigenvalue weighted by Gasteiger charge is -2.08. The molecule has 0 N–H and O–H groups in total. The third-order valence-electron chi connectivity index (χ3n) is 6.58. The first kappa shape index (κ1) is 21.1. The van der Waals surface area contributed by atoms with Crippen LogP contribution in [0.3, 0.4) is 0 Å². The predicted molar refractivity (Wildman–Crippen MR) is 154 cm³/mol. The maximum Gasteiger partial charge on any atom is 0.228 e. The van der Waals surface area contributed by atoms with Crippen molar-refractivity contribution in [3.63, 3.8) is 0 Å². The van der Waals surface area contributed by atoms with Crippen LogP contribution in [0.5, 0.6) is 0 Å². The molecule has 0 fully saturated rings. The number of para-hydroxylation sites is 1. The number of rotatable bonds is 3. The van der Waals surface area contributed by atoms with E-state index in [1.807, 2.05) is 66.7 Å². The first-order valence-electron chi connectivity index (χ1n) is 11.6. The molecule has 3 nitrogen and oxygen atoms in total. The van der Waals surface area contributed by atoms with Crippen LogP contribution in [0.2, 0.25) is 0 Å². The van der Waals surface area contributed by atoms with Gasteiger partial charge in [0.05, 0.1) is 15.4 Å². The Morgan fingerprint density at radius 3 is 1.92 bits per heavy atom. The van der Waals surface area contributed by atoms with Crippen molar-refractivity contribution in [2.45, 2.75) is 0 Å². The molecule has 0 atom stereocenters. The molecule has 1 aliphatic rings. The number of hydrogen-bond acceptors (Lipinski definition) is 4. The van der Waals surface area contributed by atoms with E-state index in [-0.39, 0.29) is 0 Å². The van der Waals surface area contributed by atoms with Crippen LogP contribution in [-0.2, 0) is 0 Å². The van der Waals surface area contributed by atoms with Crippen LogP contribution < -0.4 is 0 Å².